The lowest BCUT2D eigenvalue weighted by Gasteiger charge is -2.21. The topological polar surface area (TPSA) is 29.5 Å². The van der Waals surface area contributed by atoms with Crippen LogP contribution in [0.25, 0.3) is 0 Å². The van der Waals surface area contributed by atoms with Crippen molar-refractivity contribution in [3.05, 3.63) is 0 Å². The number of rotatable bonds is 5. The summed E-state index contributed by atoms with van der Waals surface area (Å²) in [6.45, 7) is 3.15. The predicted molar refractivity (Wildman–Crippen MR) is 42.4 cm³/mol. The van der Waals surface area contributed by atoms with Crippen LogP contribution >= 0.6 is 0 Å². The first kappa shape index (κ1) is 12.7. The summed E-state index contributed by atoms with van der Waals surface area (Å²) >= 11 is 0. The summed E-state index contributed by atoms with van der Waals surface area (Å²) in [5, 5.41) is 8.75. The van der Waals surface area contributed by atoms with Crippen LogP contribution in [0.1, 0.15) is 20.3 Å². The van der Waals surface area contributed by atoms with Crippen molar-refractivity contribution in [3.63, 3.8) is 0 Å². The lowest BCUT2D eigenvalue weighted by molar-refractivity contribution is -0.147. The highest BCUT2D eigenvalue weighted by molar-refractivity contribution is 4.65. The maximum absolute atomic E-state index is 11.6. The first-order chi connectivity index (χ1) is 5.77. The van der Waals surface area contributed by atoms with Gasteiger partial charge < -0.3 is 9.84 Å². The molecule has 13 heavy (non-hydrogen) atoms. The standard InChI is InChI=1S/C8H15F3O2/c1-7(2,5-12)6-13-4-3-8(9,10)11/h12H,3-6H2,1-2H3. The second kappa shape index (κ2) is 4.81. The Morgan fingerprint density at radius 3 is 2.15 bits per heavy atom. The van der Waals surface area contributed by atoms with Gasteiger partial charge in [-0.1, -0.05) is 13.8 Å². The second-order valence-electron chi connectivity index (χ2n) is 3.74. The first-order valence-electron chi connectivity index (χ1n) is 4.02. The third-order valence-corrected chi connectivity index (χ3v) is 1.45. The van der Waals surface area contributed by atoms with Crippen LogP contribution in [-0.4, -0.2) is 31.1 Å². The fourth-order valence-electron chi connectivity index (χ4n) is 0.582. The van der Waals surface area contributed by atoms with Gasteiger partial charge >= 0.3 is 6.18 Å². The minimum Gasteiger partial charge on any atom is -0.396 e. The Labute approximate surface area is 75.7 Å². The van der Waals surface area contributed by atoms with E-state index in [0.717, 1.165) is 0 Å². The van der Waals surface area contributed by atoms with Crippen molar-refractivity contribution in [1.29, 1.82) is 0 Å². The zero-order chi connectivity index (χ0) is 10.5. The van der Waals surface area contributed by atoms with E-state index in [1.807, 2.05) is 0 Å². The van der Waals surface area contributed by atoms with Crippen molar-refractivity contribution in [2.45, 2.75) is 26.4 Å². The van der Waals surface area contributed by atoms with E-state index in [1.165, 1.54) is 0 Å². The molecule has 0 fully saturated rings. The fourth-order valence-corrected chi connectivity index (χ4v) is 0.582. The van der Waals surface area contributed by atoms with Gasteiger partial charge in [0.05, 0.1) is 26.2 Å². The molecule has 0 aliphatic heterocycles. The first-order valence-corrected chi connectivity index (χ1v) is 4.02. The van der Waals surface area contributed by atoms with Crippen LogP contribution in [0.5, 0.6) is 0 Å². The smallest absolute Gasteiger partial charge is 0.391 e. The molecule has 1 N–H and O–H groups in total. The SMILES string of the molecule is CC(C)(CO)COCCC(F)(F)F. The zero-order valence-corrected chi connectivity index (χ0v) is 7.82. The molecule has 0 saturated carbocycles. The minimum absolute atomic E-state index is 0.0982. The number of halogens is 3. The van der Waals surface area contributed by atoms with Crippen molar-refractivity contribution in [2.24, 2.45) is 5.41 Å². The molecule has 0 heterocycles. The van der Waals surface area contributed by atoms with Gasteiger partial charge in [-0.05, 0) is 0 Å². The maximum atomic E-state index is 11.6. The normalized spacial score (nSPS) is 13.4. The average Bonchev–Trinajstić information content (AvgIpc) is 1.97. The highest BCUT2D eigenvalue weighted by Gasteiger charge is 2.27. The van der Waals surface area contributed by atoms with Crippen molar-refractivity contribution in [2.75, 3.05) is 19.8 Å². The number of aliphatic hydroxyl groups is 1. The van der Waals surface area contributed by atoms with Crippen LogP contribution in [0.3, 0.4) is 0 Å². The van der Waals surface area contributed by atoms with Crippen LogP contribution in [0.2, 0.25) is 0 Å². The van der Waals surface area contributed by atoms with Gasteiger partial charge in [-0.15, -0.1) is 0 Å². The number of hydrogen-bond acceptors (Lipinski definition) is 2. The molecule has 0 radical (unpaired) electrons. The zero-order valence-electron chi connectivity index (χ0n) is 7.82. The molecule has 5 heteroatoms. The molecule has 2 nitrogen and oxygen atoms in total. The quantitative estimate of drug-likeness (QED) is 0.687. The monoisotopic (exact) mass is 200 g/mol. The van der Waals surface area contributed by atoms with E-state index in [0.29, 0.717) is 0 Å². The average molecular weight is 200 g/mol. The Morgan fingerprint density at radius 2 is 1.77 bits per heavy atom. The Balaban J connectivity index is 3.47. The van der Waals surface area contributed by atoms with Gasteiger partial charge in [0, 0.05) is 5.41 Å². The van der Waals surface area contributed by atoms with Crippen molar-refractivity contribution in [3.8, 4) is 0 Å². The van der Waals surface area contributed by atoms with E-state index in [4.69, 9.17) is 9.84 Å². The summed E-state index contributed by atoms with van der Waals surface area (Å²) in [6.07, 6.45) is -5.10. The Kier molecular flexibility index (Phi) is 4.70. The summed E-state index contributed by atoms with van der Waals surface area (Å²) in [4.78, 5) is 0. The van der Waals surface area contributed by atoms with Gasteiger partial charge in [-0.2, -0.15) is 13.2 Å². The van der Waals surface area contributed by atoms with Gasteiger partial charge in [-0.3, -0.25) is 0 Å². The van der Waals surface area contributed by atoms with Crippen LogP contribution in [0.4, 0.5) is 13.2 Å². The highest BCUT2D eigenvalue weighted by atomic mass is 19.4. The molecular formula is C8H15F3O2. The molecule has 0 aliphatic carbocycles. The molecular weight excluding hydrogens is 185 g/mol. The van der Waals surface area contributed by atoms with Crippen LogP contribution in [0, 0.1) is 5.41 Å². The molecule has 80 valence electrons. The van der Waals surface area contributed by atoms with Gasteiger partial charge in [0.1, 0.15) is 0 Å². The molecule has 0 bridgehead atoms. The van der Waals surface area contributed by atoms with Gasteiger partial charge in [-0.25, -0.2) is 0 Å². The molecule has 0 aromatic rings. The van der Waals surface area contributed by atoms with E-state index >= 15 is 0 Å². The second-order valence-corrected chi connectivity index (χ2v) is 3.74. The molecule has 0 amide bonds. The van der Waals surface area contributed by atoms with Gasteiger partial charge in [0.15, 0.2) is 0 Å². The summed E-state index contributed by atoms with van der Waals surface area (Å²) in [5.74, 6) is 0. The molecule has 0 aromatic carbocycles. The largest absolute Gasteiger partial charge is 0.396 e. The third-order valence-electron chi connectivity index (χ3n) is 1.45. The number of alkyl halides is 3. The lowest BCUT2D eigenvalue weighted by atomic mass is 9.97. The predicted octanol–water partition coefficient (Wildman–Crippen LogP) is 1.97. The third kappa shape index (κ3) is 8.05. The van der Waals surface area contributed by atoms with Crippen molar-refractivity contribution >= 4 is 0 Å². The van der Waals surface area contributed by atoms with Crippen LogP contribution in [0.15, 0.2) is 0 Å². The Bertz CT molecular complexity index is 143. The van der Waals surface area contributed by atoms with Crippen LogP contribution in [-0.2, 0) is 4.74 Å². The van der Waals surface area contributed by atoms with E-state index in [-0.39, 0.29) is 19.8 Å². The molecule has 0 rings (SSSR count). The molecule has 0 aromatic heterocycles. The number of hydrogen-bond donors (Lipinski definition) is 1. The molecule has 0 atom stereocenters. The van der Waals surface area contributed by atoms with E-state index in [2.05, 4.69) is 0 Å². The van der Waals surface area contributed by atoms with E-state index < -0.39 is 18.0 Å². The fraction of sp³-hybridized carbons (Fsp3) is 1.00. The maximum Gasteiger partial charge on any atom is 0.391 e. The Hall–Kier alpha value is -0.290. The summed E-state index contributed by atoms with van der Waals surface area (Å²) in [7, 11) is 0. The van der Waals surface area contributed by atoms with Crippen molar-refractivity contribution in [1.82, 2.24) is 0 Å². The number of aliphatic hydroxyl groups excluding tert-OH is 1. The molecule has 0 saturated heterocycles. The Morgan fingerprint density at radius 1 is 1.23 bits per heavy atom. The molecule has 0 aliphatic rings. The summed E-state index contributed by atoms with van der Waals surface area (Å²) in [6, 6.07) is 0. The highest BCUT2D eigenvalue weighted by Crippen LogP contribution is 2.20. The lowest BCUT2D eigenvalue weighted by Crippen LogP contribution is -2.24. The van der Waals surface area contributed by atoms with Gasteiger partial charge in [0.2, 0.25) is 0 Å². The van der Waals surface area contributed by atoms with Crippen molar-refractivity contribution < 1.29 is 23.0 Å². The summed E-state index contributed by atoms with van der Waals surface area (Å²) in [5.41, 5.74) is -0.467. The molecule has 0 unspecified atom stereocenters. The van der Waals surface area contributed by atoms with E-state index in [1.54, 1.807) is 13.8 Å². The summed E-state index contributed by atoms with van der Waals surface area (Å²) < 4.78 is 39.7. The molecule has 0 spiro atoms. The number of ether oxygens (including phenoxy) is 1. The minimum atomic E-state index is -4.16. The van der Waals surface area contributed by atoms with Crippen LogP contribution < -0.4 is 0 Å². The van der Waals surface area contributed by atoms with Gasteiger partial charge in [0.25, 0.3) is 0 Å². The van der Waals surface area contributed by atoms with E-state index in [9.17, 15) is 13.2 Å².